The summed E-state index contributed by atoms with van der Waals surface area (Å²) in [7, 11) is 0. The summed E-state index contributed by atoms with van der Waals surface area (Å²) in [6, 6.07) is 20.0. The van der Waals surface area contributed by atoms with Crippen molar-refractivity contribution in [3.63, 3.8) is 0 Å². The van der Waals surface area contributed by atoms with E-state index in [2.05, 4.69) is 6.92 Å². The van der Waals surface area contributed by atoms with E-state index in [1.165, 1.54) is 6.42 Å². The van der Waals surface area contributed by atoms with Crippen LogP contribution in [0.3, 0.4) is 0 Å². The molecule has 0 saturated heterocycles. The Morgan fingerprint density at radius 3 is 1.68 bits per heavy atom. The van der Waals surface area contributed by atoms with Crippen LogP contribution < -0.4 is 0 Å². The van der Waals surface area contributed by atoms with Gasteiger partial charge in [0.25, 0.3) is 0 Å². The molecule has 0 aliphatic rings. The quantitative estimate of drug-likeness (QED) is 0.752. The van der Waals surface area contributed by atoms with Gasteiger partial charge in [0.2, 0.25) is 0 Å². The second-order valence-electron chi connectivity index (χ2n) is 5.05. The van der Waals surface area contributed by atoms with Crippen molar-refractivity contribution in [3.05, 3.63) is 71.8 Å². The van der Waals surface area contributed by atoms with Crippen molar-refractivity contribution < 1.29 is 5.11 Å². The van der Waals surface area contributed by atoms with E-state index < -0.39 is 5.60 Å². The molecule has 0 unspecified atom stereocenters. The van der Waals surface area contributed by atoms with E-state index >= 15 is 0 Å². The number of hydrogen-bond donors (Lipinski definition) is 1. The molecule has 0 atom stereocenters. The highest BCUT2D eigenvalue weighted by molar-refractivity contribution is 5.35. The molecular formula is C18H22O. The van der Waals surface area contributed by atoms with Crippen molar-refractivity contribution in [1.82, 2.24) is 0 Å². The molecule has 2 aromatic carbocycles. The van der Waals surface area contributed by atoms with E-state index in [1.54, 1.807) is 0 Å². The van der Waals surface area contributed by atoms with Crippen LogP contribution in [-0.2, 0) is 5.60 Å². The molecule has 2 aromatic rings. The van der Waals surface area contributed by atoms with Crippen molar-refractivity contribution in [1.29, 1.82) is 0 Å². The molecule has 0 saturated carbocycles. The fraction of sp³-hybridized carbons (Fsp3) is 0.333. The molecule has 0 amide bonds. The van der Waals surface area contributed by atoms with Crippen LogP contribution in [-0.4, -0.2) is 5.11 Å². The number of unbranched alkanes of at least 4 members (excludes halogenated alkanes) is 2. The second kappa shape index (κ2) is 6.53. The lowest BCUT2D eigenvalue weighted by atomic mass is 9.82. The highest BCUT2D eigenvalue weighted by atomic mass is 16.3. The first-order valence-corrected chi connectivity index (χ1v) is 7.11. The smallest absolute Gasteiger partial charge is 0.115 e. The van der Waals surface area contributed by atoms with Crippen LogP contribution in [0.1, 0.15) is 43.7 Å². The Bertz CT molecular complexity index is 436. The molecule has 1 nitrogen and oxygen atoms in total. The second-order valence-corrected chi connectivity index (χ2v) is 5.05. The zero-order chi connectivity index (χ0) is 13.6. The molecule has 2 rings (SSSR count). The summed E-state index contributed by atoms with van der Waals surface area (Å²) < 4.78 is 0. The van der Waals surface area contributed by atoms with Crippen LogP contribution in [0.2, 0.25) is 0 Å². The third-order valence-corrected chi connectivity index (χ3v) is 3.64. The van der Waals surface area contributed by atoms with Gasteiger partial charge in [-0.05, 0) is 24.0 Å². The van der Waals surface area contributed by atoms with Crippen LogP contribution in [0, 0.1) is 0 Å². The Morgan fingerprint density at radius 2 is 1.26 bits per heavy atom. The monoisotopic (exact) mass is 254 g/mol. The van der Waals surface area contributed by atoms with Gasteiger partial charge in [0.05, 0.1) is 0 Å². The summed E-state index contributed by atoms with van der Waals surface area (Å²) in [6.07, 6.45) is 4.13. The summed E-state index contributed by atoms with van der Waals surface area (Å²) in [5.74, 6) is 0. The highest BCUT2D eigenvalue weighted by Gasteiger charge is 2.30. The Kier molecular flexibility index (Phi) is 4.75. The van der Waals surface area contributed by atoms with Crippen molar-refractivity contribution in [2.75, 3.05) is 0 Å². The molecule has 0 heterocycles. The summed E-state index contributed by atoms with van der Waals surface area (Å²) in [5.41, 5.74) is 1.10. The zero-order valence-corrected chi connectivity index (χ0v) is 11.5. The van der Waals surface area contributed by atoms with Gasteiger partial charge in [-0.2, -0.15) is 0 Å². The van der Waals surface area contributed by atoms with Gasteiger partial charge in [-0.15, -0.1) is 0 Å². The van der Waals surface area contributed by atoms with E-state index in [4.69, 9.17) is 0 Å². The van der Waals surface area contributed by atoms with Crippen LogP contribution in [0.25, 0.3) is 0 Å². The lowest BCUT2D eigenvalue weighted by Crippen LogP contribution is -2.27. The molecule has 0 aliphatic carbocycles. The molecule has 1 heteroatoms. The van der Waals surface area contributed by atoms with Crippen LogP contribution in [0.5, 0.6) is 0 Å². The van der Waals surface area contributed by atoms with Crippen molar-refractivity contribution in [3.8, 4) is 0 Å². The predicted molar refractivity (Wildman–Crippen MR) is 80.0 cm³/mol. The standard InChI is InChI=1S/C18H22O/c1-2-3-10-15-18(19,16-11-6-4-7-12-16)17-13-8-5-9-14-17/h4-9,11-14,19H,2-3,10,15H2,1H3. The Morgan fingerprint density at radius 1 is 0.789 bits per heavy atom. The molecule has 0 fully saturated rings. The van der Waals surface area contributed by atoms with Gasteiger partial charge in [0, 0.05) is 0 Å². The van der Waals surface area contributed by atoms with E-state index in [1.807, 2.05) is 60.7 Å². The fourth-order valence-corrected chi connectivity index (χ4v) is 2.51. The lowest BCUT2D eigenvalue weighted by Gasteiger charge is -2.29. The highest BCUT2D eigenvalue weighted by Crippen LogP contribution is 2.34. The summed E-state index contributed by atoms with van der Waals surface area (Å²) >= 11 is 0. The Labute approximate surface area is 115 Å². The fourth-order valence-electron chi connectivity index (χ4n) is 2.51. The topological polar surface area (TPSA) is 20.2 Å². The van der Waals surface area contributed by atoms with Crippen LogP contribution in [0.4, 0.5) is 0 Å². The summed E-state index contributed by atoms with van der Waals surface area (Å²) in [5, 5.41) is 11.2. The van der Waals surface area contributed by atoms with Crippen molar-refractivity contribution in [2.24, 2.45) is 0 Å². The minimum atomic E-state index is -0.863. The van der Waals surface area contributed by atoms with Gasteiger partial charge in [-0.1, -0.05) is 80.4 Å². The largest absolute Gasteiger partial charge is 0.380 e. The van der Waals surface area contributed by atoms with Gasteiger partial charge in [-0.3, -0.25) is 0 Å². The van der Waals surface area contributed by atoms with E-state index in [0.29, 0.717) is 0 Å². The average molecular weight is 254 g/mol. The first kappa shape index (κ1) is 13.8. The molecule has 0 aliphatic heterocycles. The van der Waals surface area contributed by atoms with Gasteiger partial charge in [0.15, 0.2) is 0 Å². The predicted octanol–water partition coefficient (Wildman–Crippen LogP) is 4.50. The van der Waals surface area contributed by atoms with Gasteiger partial charge < -0.3 is 5.11 Å². The van der Waals surface area contributed by atoms with E-state index in [9.17, 15) is 5.11 Å². The normalized spacial score (nSPS) is 11.5. The summed E-state index contributed by atoms with van der Waals surface area (Å²) in [6.45, 7) is 2.18. The van der Waals surface area contributed by atoms with E-state index in [0.717, 1.165) is 30.4 Å². The molecule has 0 spiro atoms. The van der Waals surface area contributed by atoms with Crippen molar-refractivity contribution >= 4 is 0 Å². The lowest BCUT2D eigenvalue weighted by molar-refractivity contribution is 0.0680. The van der Waals surface area contributed by atoms with E-state index in [-0.39, 0.29) is 0 Å². The SMILES string of the molecule is CCCCCC(O)(c1ccccc1)c1ccccc1. The van der Waals surface area contributed by atoms with Gasteiger partial charge >= 0.3 is 0 Å². The first-order chi connectivity index (χ1) is 9.27. The molecule has 100 valence electrons. The first-order valence-electron chi connectivity index (χ1n) is 7.11. The van der Waals surface area contributed by atoms with Gasteiger partial charge in [0.1, 0.15) is 5.60 Å². The van der Waals surface area contributed by atoms with Crippen LogP contribution >= 0.6 is 0 Å². The maximum atomic E-state index is 11.2. The summed E-state index contributed by atoms with van der Waals surface area (Å²) in [4.78, 5) is 0. The average Bonchev–Trinajstić information content (AvgIpc) is 2.49. The molecule has 0 aromatic heterocycles. The number of benzene rings is 2. The minimum absolute atomic E-state index is 0.773. The number of hydrogen-bond acceptors (Lipinski definition) is 1. The maximum Gasteiger partial charge on any atom is 0.115 e. The van der Waals surface area contributed by atoms with Crippen LogP contribution in [0.15, 0.2) is 60.7 Å². The number of aliphatic hydroxyl groups is 1. The molecular weight excluding hydrogens is 232 g/mol. The zero-order valence-electron chi connectivity index (χ0n) is 11.5. The molecule has 0 bridgehead atoms. The third kappa shape index (κ3) is 3.24. The molecule has 0 radical (unpaired) electrons. The van der Waals surface area contributed by atoms with Crippen molar-refractivity contribution in [2.45, 2.75) is 38.2 Å². The Balaban J connectivity index is 2.33. The number of rotatable bonds is 6. The van der Waals surface area contributed by atoms with Gasteiger partial charge in [-0.25, -0.2) is 0 Å². The molecule has 1 N–H and O–H groups in total. The Hall–Kier alpha value is -1.60. The minimum Gasteiger partial charge on any atom is -0.380 e. The third-order valence-electron chi connectivity index (χ3n) is 3.64. The molecule has 19 heavy (non-hydrogen) atoms. The maximum absolute atomic E-state index is 11.2.